The van der Waals surface area contributed by atoms with Gasteiger partial charge in [-0.2, -0.15) is 0 Å². The molecule has 1 heterocycles. The molecule has 0 bridgehead atoms. The predicted octanol–water partition coefficient (Wildman–Crippen LogP) is 4.70. The SMILES string of the molecule is CC(C)C(=O)N1CCN(c2ccc(NC(=O)C(C)Oc3ccc(Cl)cc3Cl)cc2)CC1. The highest BCUT2D eigenvalue weighted by Crippen LogP contribution is 2.28. The number of carbonyl (C=O) groups excluding carboxylic acids is 2. The molecule has 1 unspecified atom stereocenters. The second-order valence-corrected chi connectivity index (χ2v) is 8.68. The molecule has 2 aromatic rings. The first-order valence-electron chi connectivity index (χ1n) is 10.3. The van der Waals surface area contributed by atoms with Crippen molar-refractivity contribution in [1.29, 1.82) is 0 Å². The van der Waals surface area contributed by atoms with Crippen LogP contribution in [0.25, 0.3) is 0 Å². The van der Waals surface area contributed by atoms with E-state index in [-0.39, 0.29) is 17.7 Å². The van der Waals surface area contributed by atoms with Gasteiger partial charge in [0.05, 0.1) is 5.02 Å². The Morgan fingerprint density at radius 3 is 2.19 bits per heavy atom. The van der Waals surface area contributed by atoms with Crippen LogP contribution in [0.5, 0.6) is 5.75 Å². The van der Waals surface area contributed by atoms with E-state index >= 15 is 0 Å². The average Bonchev–Trinajstić information content (AvgIpc) is 2.75. The summed E-state index contributed by atoms with van der Waals surface area (Å²) in [5.74, 6) is 0.351. The minimum Gasteiger partial charge on any atom is -0.479 e. The monoisotopic (exact) mass is 463 g/mol. The maximum atomic E-state index is 12.5. The van der Waals surface area contributed by atoms with E-state index in [2.05, 4.69) is 10.2 Å². The predicted molar refractivity (Wildman–Crippen MR) is 125 cm³/mol. The summed E-state index contributed by atoms with van der Waals surface area (Å²) >= 11 is 12.0. The van der Waals surface area contributed by atoms with Gasteiger partial charge in [0.2, 0.25) is 5.91 Å². The third kappa shape index (κ3) is 6.05. The normalized spacial score (nSPS) is 15.0. The fraction of sp³-hybridized carbons (Fsp3) is 0.391. The molecule has 1 fully saturated rings. The van der Waals surface area contributed by atoms with E-state index < -0.39 is 6.10 Å². The molecule has 0 saturated carbocycles. The molecule has 2 aromatic carbocycles. The van der Waals surface area contributed by atoms with Crippen molar-refractivity contribution in [2.75, 3.05) is 36.4 Å². The van der Waals surface area contributed by atoms with E-state index in [4.69, 9.17) is 27.9 Å². The fourth-order valence-corrected chi connectivity index (χ4v) is 3.82. The van der Waals surface area contributed by atoms with Gasteiger partial charge < -0.3 is 19.9 Å². The zero-order valence-corrected chi connectivity index (χ0v) is 19.4. The molecule has 1 atom stereocenters. The van der Waals surface area contributed by atoms with Crippen LogP contribution in [0.15, 0.2) is 42.5 Å². The molecule has 2 amide bonds. The molecule has 6 nitrogen and oxygen atoms in total. The lowest BCUT2D eigenvalue weighted by molar-refractivity contribution is -0.134. The summed E-state index contributed by atoms with van der Waals surface area (Å²) < 4.78 is 5.66. The van der Waals surface area contributed by atoms with E-state index in [0.29, 0.717) is 21.5 Å². The summed E-state index contributed by atoms with van der Waals surface area (Å²) in [6, 6.07) is 12.5. The third-order valence-corrected chi connectivity index (χ3v) is 5.68. The van der Waals surface area contributed by atoms with Gasteiger partial charge in [-0.15, -0.1) is 0 Å². The second-order valence-electron chi connectivity index (χ2n) is 7.84. The topological polar surface area (TPSA) is 61.9 Å². The van der Waals surface area contributed by atoms with Crippen molar-refractivity contribution in [3.63, 3.8) is 0 Å². The average molecular weight is 464 g/mol. The maximum Gasteiger partial charge on any atom is 0.265 e. The van der Waals surface area contributed by atoms with Gasteiger partial charge in [-0.25, -0.2) is 0 Å². The number of rotatable bonds is 6. The number of nitrogens with one attached hydrogen (secondary N) is 1. The van der Waals surface area contributed by atoms with Crippen molar-refractivity contribution in [3.05, 3.63) is 52.5 Å². The molecule has 0 aliphatic carbocycles. The Hall–Kier alpha value is -2.44. The van der Waals surface area contributed by atoms with Gasteiger partial charge in [0.15, 0.2) is 6.10 Å². The van der Waals surface area contributed by atoms with Crippen molar-refractivity contribution in [1.82, 2.24) is 4.90 Å². The van der Waals surface area contributed by atoms with Gasteiger partial charge in [-0.05, 0) is 49.4 Å². The molecule has 1 aliphatic rings. The third-order valence-electron chi connectivity index (χ3n) is 5.15. The molecule has 0 radical (unpaired) electrons. The number of piperazine rings is 1. The van der Waals surface area contributed by atoms with Crippen LogP contribution in [0.2, 0.25) is 10.0 Å². The summed E-state index contributed by atoms with van der Waals surface area (Å²) in [5, 5.41) is 3.71. The van der Waals surface area contributed by atoms with Crippen LogP contribution in [-0.4, -0.2) is 49.0 Å². The van der Waals surface area contributed by atoms with E-state index in [1.54, 1.807) is 25.1 Å². The molecule has 31 heavy (non-hydrogen) atoms. The van der Waals surface area contributed by atoms with Crippen LogP contribution in [0.1, 0.15) is 20.8 Å². The number of carbonyl (C=O) groups is 2. The summed E-state index contributed by atoms with van der Waals surface area (Å²) in [4.78, 5) is 28.8. The van der Waals surface area contributed by atoms with Crippen LogP contribution in [-0.2, 0) is 9.59 Å². The minimum atomic E-state index is -0.732. The highest BCUT2D eigenvalue weighted by molar-refractivity contribution is 6.35. The highest BCUT2D eigenvalue weighted by Gasteiger charge is 2.23. The molecule has 0 aromatic heterocycles. The molecule has 166 valence electrons. The Bertz CT molecular complexity index is 926. The lowest BCUT2D eigenvalue weighted by atomic mass is 10.1. The Morgan fingerprint density at radius 1 is 0.968 bits per heavy atom. The van der Waals surface area contributed by atoms with Crippen molar-refractivity contribution < 1.29 is 14.3 Å². The van der Waals surface area contributed by atoms with E-state index in [9.17, 15) is 9.59 Å². The molecule has 1 saturated heterocycles. The minimum absolute atomic E-state index is 0.0246. The van der Waals surface area contributed by atoms with E-state index in [1.807, 2.05) is 43.0 Å². The molecule has 0 spiro atoms. The Balaban J connectivity index is 1.53. The molecular weight excluding hydrogens is 437 g/mol. The molecule has 1 aliphatic heterocycles. The Kier molecular flexibility index (Phi) is 7.68. The highest BCUT2D eigenvalue weighted by atomic mass is 35.5. The van der Waals surface area contributed by atoms with Crippen molar-refractivity contribution in [3.8, 4) is 5.75 Å². The molecule has 3 rings (SSSR count). The maximum absolute atomic E-state index is 12.5. The van der Waals surface area contributed by atoms with Crippen LogP contribution >= 0.6 is 23.2 Å². The first-order valence-corrected chi connectivity index (χ1v) is 11.1. The van der Waals surface area contributed by atoms with Gasteiger partial charge in [0.1, 0.15) is 5.75 Å². The first kappa shape index (κ1) is 23.2. The number of nitrogens with zero attached hydrogens (tertiary/aromatic N) is 2. The number of ether oxygens (including phenoxy) is 1. The summed E-state index contributed by atoms with van der Waals surface area (Å²) in [6.45, 7) is 8.53. The number of hydrogen-bond acceptors (Lipinski definition) is 4. The fourth-order valence-electron chi connectivity index (χ4n) is 3.36. The summed E-state index contributed by atoms with van der Waals surface area (Å²) in [7, 11) is 0. The van der Waals surface area contributed by atoms with E-state index in [0.717, 1.165) is 31.9 Å². The van der Waals surface area contributed by atoms with Crippen LogP contribution in [0, 0.1) is 5.92 Å². The second kappa shape index (κ2) is 10.2. The van der Waals surface area contributed by atoms with Gasteiger partial charge >= 0.3 is 0 Å². The van der Waals surface area contributed by atoms with E-state index in [1.165, 1.54) is 0 Å². The number of amides is 2. The number of halogens is 2. The number of hydrogen-bond donors (Lipinski definition) is 1. The molecule has 1 N–H and O–H groups in total. The van der Waals surface area contributed by atoms with Crippen LogP contribution in [0.4, 0.5) is 11.4 Å². The zero-order valence-electron chi connectivity index (χ0n) is 17.9. The lowest BCUT2D eigenvalue weighted by Crippen LogP contribution is -2.49. The van der Waals surface area contributed by atoms with Gasteiger partial charge in [-0.3, -0.25) is 9.59 Å². The summed E-state index contributed by atoms with van der Waals surface area (Å²) in [5.41, 5.74) is 1.74. The van der Waals surface area contributed by atoms with Crippen molar-refractivity contribution in [2.45, 2.75) is 26.9 Å². The quantitative estimate of drug-likeness (QED) is 0.673. The summed E-state index contributed by atoms with van der Waals surface area (Å²) in [6.07, 6.45) is -0.732. The number of benzene rings is 2. The van der Waals surface area contributed by atoms with Crippen LogP contribution < -0.4 is 15.0 Å². The van der Waals surface area contributed by atoms with Gasteiger partial charge in [-0.1, -0.05) is 37.0 Å². The number of anilines is 2. The van der Waals surface area contributed by atoms with Gasteiger partial charge in [0, 0.05) is 48.5 Å². The van der Waals surface area contributed by atoms with Crippen LogP contribution in [0.3, 0.4) is 0 Å². The Morgan fingerprint density at radius 2 is 1.61 bits per heavy atom. The van der Waals surface area contributed by atoms with Crippen molar-refractivity contribution >= 4 is 46.4 Å². The lowest BCUT2D eigenvalue weighted by Gasteiger charge is -2.37. The Labute approximate surface area is 193 Å². The molecule has 8 heteroatoms. The van der Waals surface area contributed by atoms with Gasteiger partial charge in [0.25, 0.3) is 5.91 Å². The largest absolute Gasteiger partial charge is 0.479 e. The first-order chi connectivity index (χ1) is 14.7. The smallest absolute Gasteiger partial charge is 0.265 e. The van der Waals surface area contributed by atoms with Crippen molar-refractivity contribution in [2.24, 2.45) is 5.92 Å². The molecular formula is C23H27Cl2N3O3. The standard InChI is InChI=1S/C23H27Cl2N3O3/c1-15(2)23(30)28-12-10-27(11-13-28)19-7-5-18(6-8-19)26-22(29)16(3)31-21-9-4-17(24)14-20(21)25/h4-9,14-16H,10-13H2,1-3H3,(H,26,29). The zero-order chi connectivity index (χ0) is 22.5.